The fourth-order valence-corrected chi connectivity index (χ4v) is 1.65. The monoisotopic (exact) mass is 268 g/mol. The predicted octanol–water partition coefficient (Wildman–Crippen LogP) is 2.39. The number of benzene rings is 1. The van der Waals surface area contributed by atoms with Crippen LogP contribution >= 0.6 is 0 Å². The molecule has 7 heteroatoms. The molecule has 0 saturated heterocycles. The molecule has 5 nitrogen and oxygen atoms in total. The van der Waals surface area contributed by atoms with Crippen molar-refractivity contribution in [3.63, 3.8) is 0 Å². The Bertz CT molecular complexity index is 594. The van der Waals surface area contributed by atoms with Crippen LogP contribution in [0, 0.1) is 0 Å². The van der Waals surface area contributed by atoms with Crippen LogP contribution in [-0.2, 0) is 7.05 Å². The van der Waals surface area contributed by atoms with E-state index in [9.17, 15) is 13.6 Å². The third kappa shape index (κ3) is 2.87. The first-order valence-electron chi connectivity index (χ1n) is 5.30. The number of ether oxygens (including phenoxy) is 1. The normalized spacial score (nSPS) is 10.7. The summed E-state index contributed by atoms with van der Waals surface area (Å²) in [5, 5.41) is 12.7. The zero-order valence-electron chi connectivity index (χ0n) is 9.88. The minimum atomic E-state index is -2.87. The summed E-state index contributed by atoms with van der Waals surface area (Å²) < 4.78 is 29.6. The van der Waals surface area contributed by atoms with Gasteiger partial charge in [0.05, 0.1) is 5.69 Å². The maximum absolute atomic E-state index is 12.0. The molecule has 2 aromatic rings. The van der Waals surface area contributed by atoms with Crippen molar-refractivity contribution in [2.45, 2.75) is 6.61 Å². The van der Waals surface area contributed by atoms with E-state index >= 15 is 0 Å². The quantitative estimate of drug-likeness (QED) is 0.924. The van der Waals surface area contributed by atoms with E-state index in [0.29, 0.717) is 11.3 Å². The van der Waals surface area contributed by atoms with E-state index in [-0.39, 0.29) is 11.4 Å². The Labute approximate surface area is 107 Å². The zero-order chi connectivity index (χ0) is 14.0. The van der Waals surface area contributed by atoms with Gasteiger partial charge in [-0.15, -0.1) is 0 Å². The molecule has 100 valence electrons. The SMILES string of the molecule is Cn1nc(C(=O)O)cc1-c1ccc(OC(F)F)cc1. The van der Waals surface area contributed by atoms with Gasteiger partial charge < -0.3 is 9.84 Å². The number of hydrogen-bond acceptors (Lipinski definition) is 3. The number of nitrogens with zero attached hydrogens (tertiary/aromatic N) is 2. The van der Waals surface area contributed by atoms with Crippen LogP contribution in [0.1, 0.15) is 10.5 Å². The smallest absolute Gasteiger partial charge is 0.387 e. The number of aromatic nitrogens is 2. The minimum Gasteiger partial charge on any atom is -0.476 e. The van der Waals surface area contributed by atoms with E-state index in [1.165, 1.54) is 22.9 Å². The first-order chi connectivity index (χ1) is 8.97. The van der Waals surface area contributed by atoms with Gasteiger partial charge in [-0.2, -0.15) is 13.9 Å². The first kappa shape index (κ1) is 13.0. The third-order valence-corrected chi connectivity index (χ3v) is 2.47. The maximum Gasteiger partial charge on any atom is 0.387 e. The molecule has 2 rings (SSSR count). The zero-order valence-corrected chi connectivity index (χ0v) is 9.88. The topological polar surface area (TPSA) is 64.4 Å². The first-order valence-corrected chi connectivity index (χ1v) is 5.30. The predicted molar refractivity (Wildman–Crippen MR) is 62.2 cm³/mol. The number of hydrogen-bond donors (Lipinski definition) is 1. The summed E-state index contributed by atoms with van der Waals surface area (Å²) >= 11 is 0. The molecule has 0 aliphatic heterocycles. The Morgan fingerprint density at radius 2 is 2.00 bits per heavy atom. The fourth-order valence-electron chi connectivity index (χ4n) is 1.65. The van der Waals surface area contributed by atoms with E-state index in [2.05, 4.69) is 9.84 Å². The second kappa shape index (κ2) is 5.05. The molecule has 0 unspecified atom stereocenters. The number of aryl methyl sites for hydroxylation is 1. The van der Waals surface area contributed by atoms with E-state index in [0.717, 1.165) is 0 Å². The van der Waals surface area contributed by atoms with Gasteiger partial charge in [-0.1, -0.05) is 0 Å². The highest BCUT2D eigenvalue weighted by Crippen LogP contribution is 2.23. The summed E-state index contributed by atoms with van der Waals surface area (Å²) in [4.78, 5) is 10.8. The lowest BCUT2D eigenvalue weighted by Crippen LogP contribution is -2.01. The molecule has 0 saturated carbocycles. The van der Waals surface area contributed by atoms with Crippen molar-refractivity contribution in [3.8, 4) is 17.0 Å². The van der Waals surface area contributed by atoms with Gasteiger partial charge >= 0.3 is 12.6 Å². The largest absolute Gasteiger partial charge is 0.476 e. The van der Waals surface area contributed by atoms with E-state index < -0.39 is 12.6 Å². The van der Waals surface area contributed by atoms with Crippen LogP contribution in [0.15, 0.2) is 30.3 Å². The molecule has 0 aliphatic rings. The molecule has 1 aromatic carbocycles. The number of carboxylic acid groups (broad SMARTS) is 1. The van der Waals surface area contributed by atoms with Crippen molar-refractivity contribution in [2.24, 2.45) is 7.05 Å². The summed E-state index contributed by atoms with van der Waals surface area (Å²) in [6.45, 7) is -2.87. The summed E-state index contributed by atoms with van der Waals surface area (Å²) in [5.41, 5.74) is 1.15. The highest BCUT2D eigenvalue weighted by Gasteiger charge is 2.12. The standard InChI is InChI=1S/C12H10F2N2O3/c1-16-10(6-9(15-16)11(17)18)7-2-4-8(5-3-7)19-12(13)14/h2-6,12H,1H3,(H,17,18). The van der Waals surface area contributed by atoms with Gasteiger partial charge in [-0.25, -0.2) is 4.79 Å². The summed E-state index contributed by atoms with van der Waals surface area (Å²) in [5.74, 6) is -1.08. The van der Waals surface area contributed by atoms with Crippen LogP contribution < -0.4 is 4.74 Å². The molecule has 0 aliphatic carbocycles. The van der Waals surface area contributed by atoms with Gasteiger partial charge in [0.1, 0.15) is 5.75 Å². The van der Waals surface area contributed by atoms with Crippen LogP contribution in [0.4, 0.5) is 8.78 Å². The Kier molecular flexibility index (Phi) is 3.46. The van der Waals surface area contributed by atoms with Gasteiger partial charge in [-0.05, 0) is 30.3 Å². The van der Waals surface area contributed by atoms with Gasteiger partial charge in [-0.3, -0.25) is 4.68 Å². The fraction of sp³-hybridized carbons (Fsp3) is 0.167. The number of carbonyl (C=O) groups is 1. The van der Waals surface area contributed by atoms with Gasteiger partial charge in [0, 0.05) is 12.6 Å². The van der Waals surface area contributed by atoms with E-state index in [1.54, 1.807) is 19.2 Å². The van der Waals surface area contributed by atoms with Crippen LogP contribution in [0.3, 0.4) is 0 Å². The Morgan fingerprint density at radius 3 is 2.47 bits per heavy atom. The third-order valence-electron chi connectivity index (χ3n) is 2.47. The molecule has 19 heavy (non-hydrogen) atoms. The van der Waals surface area contributed by atoms with Crippen molar-refractivity contribution >= 4 is 5.97 Å². The van der Waals surface area contributed by atoms with Crippen LogP contribution in [0.2, 0.25) is 0 Å². The number of rotatable bonds is 4. The number of carboxylic acids is 1. The van der Waals surface area contributed by atoms with Crippen molar-refractivity contribution < 1.29 is 23.4 Å². The average molecular weight is 268 g/mol. The molecule has 1 N–H and O–H groups in total. The molecule has 0 amide bonds. The lowest BCUT2D eigenvalue weighted by Gasteiger charge is -2.05. The van der Waals surface area contributed by atoms with E-state index in [1.807, 2.05) is 0 Å². The molecular formula is C12H10F2N2O3. The number of halogens is 2. The minimum absolute atomic E-state index is 0.0411. The molecule has 0 atom stereocenters. The summed E-state index contributed by atoms with van der Waals surface area (Å²) in [6.07, 6.45) is 0. The van der Waals surface area contributed by atoms with Crippen molar-refractivity contribution in [2.75, 3.05) is 0 Å². The van der Waals surface area contributed by atoms with Crippen molar-refractivity contribution in [1.82, 2.24) is 9.78 Å². The second-order valence-electron chi connectivity index (χ2n) is 3.75. The highest BCUT2D eigenvalue weighted by molar-refractivity contribution is 5.87. The van der Waals surface area contributed by atoms with Crippen LogP contribution in [0.5, 0.6) is 5.75 Å². The van der Waals surface area contributed by atoms with Gasteiger partial charge in [0.15, 0.2) is 5.69 Å². The Morgan fingerprint density at radius 1 is 1.37 bits per heavy atom. The van der Waals surface area contributed by atoms with Crippen LogP contribution in [0.25, 0.3) is 11.3 Å². The Balaban J connectivity index is 2.29. The van der Waals surface area contributed by atoms with E-state index in [4.69, 9.17) is 5.11 Å². The number of alkyl halides is 2. The molecule has 0 bridgehead atoms. The summed E-state index contributed by atoms with van der Waals surface area (Å²) in [6, 6.07) is 7.29. The molecule has 0 spiro atoms. The lowest BCUT2D eigenvalue weighted by molar-refractivity contribution is -0.0498. The van der Waals surface area contributed by atoms with Gasteiger partial charge in [0.25, 0.3) is 0 Å². The molecular weight excluding hydrogens is 258 g/mol. The number of aromatic carboxylic acids is 1. The lowest BCUT2D eigenvalue weighted by atomic mass is 10.1. The van der Waals surface area contributed by atoms with Gasteiger partial charge in [0.2, 0.25) is 0 Å². The van der Waals surface area contributed by atoms with Crippen molar-refractivity contribution in [3.05, 3.63) is 36.0 Å². The maximum atomic E-state index is 12.0. The summed E-state index contributed by atoms with van der Waals surface area (Å²) in [7, 11) is 1.60. The molecule has 1 heterocycles. The highest BCUT2D eigenvalue weighted by atomic mass is 19.3. The Hall–Kier alpha value is -2.44. The molecule has 0 fully saturated rings. The molecule has 0 radical (unpaired) electrons. The van der Waals surface area contributed by atoms with Crippen molar-refractivity contribution in [1.29, 1.82) is 0 Å². The average Bonchev–Trinajstić information content (AvgIpc) is 2.72. The molecule has 1 aromatic heterocycles. The second-order valence-corrected chi connectivity index (χ2v) is 3.75. The van der Waals surface area contributed by atoms with Crippen LogP contribution in [-0.4, -0.2) is 27.5 Å².